The van der Waals surface area contributed by atoms with E-state index in [2.05, 4.69) is 27.3 Å². The molecule has 0 aliphatic heterocycles. The summed E-state index contributed by atoms with van der Waals surface area (Å²) in [5.41, 5.74) is 0. The van der Waals surface area contributed by atoms with Crippen LogP contribution in [0.25, 0.3) is 0 Å². The Kier molecular flexibility index (Phi) is 5.46. The molecule has 0 amide bonds. The molecule has 7 heteroatoms. The van der Waals surface area contributed by atoms with E-state index in [1.165, 1.54) is 0 Å². The fourth-order valence-electron chi connectivity index (χ4n) is 2.13. The van der Waals surface area contributed by atoms with Crippen LogP contribution in [0, 0.1) is 0 Å². The van der Waals surface area contributed by atoms with Gasteiger partial charge in [-0.1, -0.05) is 13.3 Å². The summed E-state index contributed by atoms with van der Waals surface area (Å²) in [6.07, 6.45) is 4.43. The van der Waals surface area contributed by atoms with Crippen LogP contribution in [-0.4, -0.2) is 50.3 Å². The van der Waals surface area contributed by atoms with E-state index in [9.17, 15) is 4.79 Å². The Bertz CT molecular complexity index is 430. The molecule has 2 rings (SSSR count). The van der Waals surface area contributed by atoms with Gasteiger partial charge in [0.2, 0.25) is 0 Å². The van der Waals surface area contributed by atoms with Crippen LogP contribution in [-0.2, 0) is 22.6 Å². The maximum atomic E-state index is 11.6. The van der Waals surface area contributed by atoms with E-state index in [-0.39, 0.29) is 5.97 Å². The highest BCUT2D eigenvalue weighted by Crippen LogP contribution is 2.27. The van der Waals surface area contributed by atoms with Crippen molar-refractivity contribution in [2.24, 2.45) is 0 Å². The lowest BCUT2D eigenvalue weighted by Gasteiger charge is -2.20. The standard InChI is InChI=1S/C13H23N5O2/c1-3-5-8-18-12(14-15-16-18)9-17(11-6-7-11)10-13(19)20-4-2/h11H,3-10H2,1-2H3. The monoisotopic (exact) mass is 281 g/mol. The first-order chi connectivity index (χ1) is 9.74. The van der Waals surface area contributed by atoms with Gasteiger partial charge in [-0.3, -0.25) is 9.69 Å². The first kappa shape index (κ1) is 14.9. The highest BCUT2D eigenvalue weighted by Gasteiger charge is 2.31. The predicted molar refractivity (Wildman–Crippen MR) is 72.8 cm³/mol. The Morgan fingerprint density at radius 3 is 2.90 bits per heavy atom. The van der Waals surface area contributed by atoms with Crippen molar-refractivity contribution >= 4 is 5.97 Å². The van der Waals surface area contributed by atoms with Crippen molar-refractivity contribution in [3.05, 3.63) is 5.82 Å². The second kappa shape index (κ2) is 7.33. The first-order valence-corrected chi connectivity index (χ1v) is 7.39. The van der Waals surface area contributed by atoms with E-state index in [0.717, 1.165) is 38.1 Å². The Hall–Kier alpha value is -1.50. The topological polar surface area (TPSA) is 73.1 Å². The number of tetrazole rings is 1. The summed E-state index contributed by atoms with van der Waals surface area (Å²) in [6, 6.07) is 0.468. The third kappa shape index (κ3) is 4.26. The molecular weight excluding hydrogens is 258 g/mol. The molecule has 0 atom stereocenters. The Morgan fingerprint density at radius 2 is 2.25 bits per heavy atom. The van der Waals surface area contributed by atoms with Crippen LogP contribution in [0.2, 0.25) is 0 Å². The Morgan fingerprint density at radius 1 is 1.45 bits per heavy atom. The minimum absolute atomic E-state index is 0.174. The zero-order chi connectivity index (χ0) is 14.4. The molecule has 0 aromatic carbocycles. The number of hydrogen-bond acceptors (Lipinski definition) is 6. The molecule has 0 N–H and O–H groups in total. The molecule has 112 valence electrons. The number of esters is 1. The van der Waals surface area contributed by atoms with Crippen LogP contribution in [0.15, 0.2) is 0 Å². The lowest BCUT2D eigenvalue weighted by molar-refractivity contribution is -0.144. The molecule has 1 aliphatic rings. The highest BCUT2D eigenvalue weighted by atomic mass is 16.5. The van der Waals surface area contributed by atoms with Gasteiger partial charge in [0.05, 0.1) is 19.7 Å². The molecule has 1 fully saturated rings. The number of unbranched alkanes of at least 4 members (excludes halogenated alkanes) is 1. The van der Waals surface area contributed by atoms with E-state index < -0.39 is 0 Å². The van der Waals surface area contributed by atoms with Crippen LogP contribution in [0.5, 0.6) is 0 Å². The molecule has 0 spiro atoms. The largest absolute Gasteiger partial charge is 0.465 e. The van der Waals surface area contributed by atoms with Gasteiger partial charge >= 0.3 is 5.97 Å². The first-order valence-electron chi connectivity index (χ1n) is 7.39. The summed E-state index contributed by atoms with van der Waals surface area (Å²) in [4.78, 5) is 13.8. The van der Waals surface area contributed by atoms with Gasteiger partial charge in [0.1, 0.15) is 0 Å². The van der Waals surface area contributed by atoms with Crippen LogP contribution in [0.4, 0.5) is 0 Å². The zero-order valence-electron chi connectivity index (χ0n) is 12.3. The van der Waals surface area contributed by atoms with Crippen molar-refractivity contribution in [3.8, 4) is 0 Å². The number of aromatic nitrogens is 4. The summed E-state index contributed by atoms with van der Waals surface area (Å²) in [5, 5.41) is 11.8. The van der Waals surface area contributed by atoms with Crippen molar-refractivity contribution < 1.29 is 9.53 Å². The van der Waals surface area contributed by atoms with Crippen LogP contribution < -0.4 is 0 Å². The van der Waals surface area contributed by atoms with Gasteiger partial charge < -0.3 is 4.74 Å². The smallest absolute Gasteiger partial charge is 0.320 e. The van der Waals surface area contributed by atoms with Gasteiger partial charge in [0, 0.05) is 12.6 Å². The summed E-state index contributed by atoms with van der Waals surface area (Å²) in [5.74, 6) is 0.654. The fraction of sp³-hybridized carbons (Fsp3) is 0.846. The SMILES string of the molecule is CCCCn1nnnc1CN(CC(=O)OCC)C1CC1. The van der Waals surface area contributed by atoms with Crippen molar-refractivity contribution in [1.29, 1.82) is 0 Å². The van der Waals surface area contributed by atoms with Crippen molar-refractivity contribution in [1.82, 2.24) is 25.1 Å². The van der Waals surface area contributed by atoms with Crippen molar-refractivity contribution in [2.45, 2.75) is 58.7 Å². The number of carbonyl (C=O) groups is 1. The number of nitrogens with zero attached hydrogens (tertiary/aromatic N) is 5. The molecule has 0 unspecified atom stereocenters. The molecule has 1 aliphatic carbocycles. The van der Waals surface area contributed by atoms with E-state index in [0.29, 0.717) is 25.7 Å². The van der Waals surface area contributed by atoms with E-state index in [1.54, 1.807) is 0 Å². The van der Waals surface area contributed by atoms with E-state index >= 15 is 0 Å². The molecule has 1 aromatic rings. The van der Waals surface area contributed by atoms with Gasteiger partial charge in [-0.25, -0.2) is 4.68 Å². The molecular formula is C13H23N5O2. The number of ether oxygens (including phenoxy) is 1. The average molecular weight is 281 g/mol. The second-order valence-corrected chi connectivity index (χ2v) is 5.11. The maximum Gasteiger partial charge on any atom is 0.320 e. The molecule has 1 aromatic heterocycles. The van der Waals surface area contributed by atoms with Gasteiger partial charge in [-0.05, 0) is 36.6 Å². The Balaban J connectivity index is 1.94. The minimum Gasteiger partial charge on any atom is -0.465 e. The van der Waals surface area contributed by atoms with E-state index in [4.69, 9.17) is 4.74 Å². The van der Waals surface area contributed by atoms with Gasteiger partial charge in [-0.2, -0.15) is 0 Å². The quantitative estimate of drug-likeness (QED) is 0.629. The molecule has 1 heterocycles. The molecule has 1 saturated carbocycles. The third-order valence-electron chi connectivity index (χ3n) is 3.37. The van der Waals surface area contributed by atoms with Crippen LogP contribution >= 0.6 is 0 Å². The predicted octanol–water partition coefficient (Wildman–Crippen LogP) is 1.00. The van der Waals surface area contributed by atoms with Crippen LogP contribution in [0.3, 0.4) is 0 Å². The normalized spacial score (nSPS) is 14.8. The average Bonchev–Trinajstić information content (AvgIpc) is 3.18. The molecule has 0 radical (unpaired) electrons. The van der Waals surface area contributed by atoms with Gasteiger partial charge in [0.25, 0.3) is 0 Å². The number of aryl methyl sites for hydroxylation is 1. The number of carbonyl (C=O) groups excluding carboxylic acids is 1. The Labute approximate surface area is 119 Å². The summed E-state index contributed by atoms with van der Waals surface area (Å²) in [7, 11) is 0. The summed E-state index contributed by atoms with van der Waals surface area (Å²) >= 11 is 0. The van der Waals surface area contributed by atoms with Crippen molar-refractivity contribution in [2.75, 3.05) is 13.2 Å². The summed E-state index contributed by atoms with van der Waals surface area (Å²) < 4.78 is 6.86. The minimum atomic E-state index is -0.174. The number of hydrogen-bond donors (Lipinski definition) is 0. The lowest BCUT2D eigenvalue weighted by Crippen LogP contribution is -2.33. The highest BCUT2D eigenvalue weighted by molar-refractivity contribution is 5.71. The van der Waals surface area contributed by atoms with Crippen molar-refractivity contribution in [3.63, 3.8) is 0 Å². The maximum absolute atomic E-state index is 11.6. The van der Waals surface area contributed by atoms with Gasteiger partial charge in [-0.15, -0.1) is 5.10 Å². The summed E-state index contributed by atoms with van der Waals surface area (Å²) in [6.45, 7) is 6.15. The molecule has 0 bridgehead atoms. The second-order valence-electron chi connectivity index (χ2n) is 5.11. The third-order valence-corrected chi connectivity index (χ3v) is 3.37. The molecule has 7 nitrogen and oxygen atoms in total. The van der Waals surface area contributed by atoms with Crippen LogP contribution in [0.1, 0.15) is 45.4 Å². The molecule has 20 heavy (non-hydrogen) atoms. The molecule has 0 saturated heterocycles. The zero-order valence-corrected chi connectivity index (χ0v) is 12.3. The number of rotatable bonds is 9. The fourth-order valence-corrected chi connectivity index (χ4v) is 2.13. The van der Waals surface area contributed by atoms with Gasteiger partial charge in [0.15, 0.2) is 5.82 Å². The lowest BCUT2D eigenvalue weighted by atomic mass is 10.3. The van der Waals surface area contributed by atoms with E-state index in [1.807, 2.05) is 11.6 Å².